The summed E-state index contributed by atoms with van der Waals surface area (Å²) in [7, 11) is 0. The van der Waals surface area contributed by atoms with Gasteiger partial charge in [0.15, 0.2) is 0 Å². The number of hydrogen-bond acceptors (Lipinski definition) is 2. The van der Waals surface area contributed by atoms with E-state index < -0.39 is 0 Å². The highest BCUT2D eigenvalue weighted by atomic mass is 16.5. The van der Waals surface area contributed by atoms with E-state index in [0.29, 0.717) is 6.23 Å². The number of piperidine rings is 1. The molecule has 1 heterocycles. The molecule has 2 heteroatoms. The van der Waals surface area contributed by atoms with Gasteiger partial charge < -0.3 is 4.74 Å². The molecule has 0 saturated carbocycles. The van der Waals surface area contributed by atoms with E-state index in [1.165, 1.54) is 19.3 Å². The molecule has 9 heavy (non-hydrogen) atoms. The van der Waals surface area contributed by atoms with E-state index in [1.807, 2.05) is 6.92 Å². The van der Waals surface area contributed by atoms with E-state index >= 15 is 0 Å². The highest BCUT2D eigenvalue weighted by Crippen LogP contribution is 2.06. The van der Waals surface area contributed by atoms with Gasteiger partial charge >= 0.3 is 0 Å². The molecule has 0 spiro atoms. The van der Waals surface area contributed by atoms with Crippen molar-refractivity contribution in [3.8, 4) is 0 Å². The quantitative estimate of drug-likeness (QED) is 0.603. The molecule has 2 nitrogen and oxygen atoms in total. The molecule has 0 radical (unpaired) electrons. The minimum atomic E-state index is 0.351. The largest absolute Gasteiger partial charge is 0.364 e. The van der Waals surface area contributed by atoms with Crippen LogP contribution in [0.2, 0.25) is 0 Å². The average Bonchev–Trinajstić information content (AvgIpc) is 1.91. The summed E-state index contributed by atoms with van der Waals surface area (Å²) >= 11 is 0. The van der Waals surface area contributed by atoms with Crippen molar-refractivity contribution >= 4 is 0 Å². The molecule has 0 aromatic heterocycles. The third-order valence-corrected chi connectivity index (χ3v) is 1.63. The number of rotatable bonds is 2. The fourth-order valence-corrected chi connectivity index (χ4v) is 1.16. The van der Waals surface area contributed by atoms with Crippen molar-refractivity contribution in [1.82, 2.24) is 5.32 Å². The lowest BCUT2D eigenvalue weighted by atomic mass is 10.1. The predicted octanol–water partition coefficient (Wildman–Crippen LogP) is 1.12. The van der Waals surface area contributed by atoms with Crippen LogP contribution in [0, 0.1) is 0 Å². The molecule has 0 aliphatic carbocycles. The predicted molar refractivity (Wildman–Crippen MR) is 37.3 cm³/mol. The average molecular weight is 129 g/mol. The molecule has 1 aliphatic rings. The van der Waals surface area contributed by atoms with Crippen LogP contribution in [0.5, 0.6) is 0 Å². The molecule has 1 fully saturated rings. The zero-order chi connectivity index (χ0) is 6.53. The van der Waals surface area contributed by atoms with Gasteiger partial charge in [-0.05, 0) is 32.7 Å². The normalized spacial score (nSPS) is 28.3. The van der Waals surface area contributed by atoms with Gasteiger partial charge in [-0.3, -0.25) is 5.32 Å². The standard InChI is InChI=1S/C7H15NO/c1-2-9-7-5-3-4-6-8-7/h7-8H,2-6H2,1H3. The first-order chi connectivity index (χ1) is 4.43. The Morgan fingerprint density at radius 3 is 3.00 bits per heavy atom. The van der Waals surface area contributed by atoms with E-state index in [9.17, 15) is 0 Å². The van der Waals surface area contributed by atoms with Crippen molar-refractivity contribution in [2.75, 3.05) is 13.2 Å². The van der Waals surface area contributed by atoms with Crippen molar-refractivity contribution < 1.29 is 4.74 Å². The van der Waals surface area contributed by atoms with Gasteiger partial charge in [0.2, 0.25) is 0 Å². The molecule has 0 bridgehead atoms. The monoisotopic (exact) mass is 129 g/mol. The maximum atomic E-state index is 5.37. The first-order valence-corrected chi connectivity index (χ1v) is 3.78. The molecule has 1 atom stereocenters. The van der Waals surface area contributed by atoms with E-state index in [-0.39, 0.29) is 0 Å². The number of ether oxygens (including phenoxy) is 1. The molecule has 1 rings (SSSR count). The summed E-state index contributed by atoms with van der Waals surface area (Å²) in [6.07, 6.45) is 4.17. The highest BCUT2D eigenvalue weighted by Gasteiger charge is 2.10. The molecule has 0 aromatic rings. The first kappa shape index (κ1) is 7.03. The van der Waals surface area contributed by atoms with Crippen LogP contribution in [-0.4, -0.2) is 19.4 Å². The molecule has 0 aromatic carbocycles. The Morgan fingerprint density at radius 1 is 1.56 bits per heavy atom. The fraction of sp³-hybridized carbons (Fsp3) is 1.00. The summed E-state index contributed by atoms with van der Waals surface area (Å²) in [5, 5.41) is 3.30. The SMILES string of the molecule is CCOC1CCCCN1. The van der Waals surface area contributed by atoms with Crippen molar-refractivity contribution in [1.29, 1.82) is 0 Å². The lowest BCUT2D eigenvalue weighted by Gasteiger charge is -2.22. The van der Waals surface area contributed by atoms with Gasteiger partial charge in [0.05, 0.1) is 0 Å². The van der Waals surface area contributed by atoms with Gasteiger partial charge in [-0.25, -0.2) is 0 Å². The van der Waals surface area contributed by atoms with Gasteiger partial charge in [-0.1, -0.05) is 0 Å². The lowest BCUT2D eigenvalue weighted by Crippen LogP contribution is -2.36. The second-order valence-electron chi connectivity index (χ2n) is 2.39. The first-order valence-electron chi connectivity index (χ1n) is 3.78. The van der Waals surface area contributed by atoms with Crippen LogP contribution < -0.4 is 5.32 Å². The molecule has 1 N–H and O–H groups in total. The van der Waals surface area contributed by atoms with Crippen LogP contribution in [0.25, 0.3) is 0 Å². The van der Waals surface area contributed by atoms with Crippen LogP contribution in [0.4, 0.5) is 0 Å². The Kier molecular flexibility index (Phi) is 3.01. The fourth-order valence-electron chi connectivity index (χ4n) is 1.16. The van der Waals surface area contributed by atoms with Crippen LogP contribution in [0.15, 0.2) is 0 Å². The van der Waals surface area contributed by atoms with Crippen LogP contribution >= 0.6 is 0 Å². The maximum absolute atomic E-state index is 5.37. The summed E-state index contributed by atoms with van der Waals surface area (Å²) in [5.74, 6) is 0. The van der Waals surface area contributed by atoms with E-state index in [2.05, 4.69) is 5.32 Å². The smallest absolute Gasteiger partial charge is 0.108 e. The van der Waals surface area contributed by atoms with E-state index in [0.717, 1.165) is 13.2 Å². The molecule has 1 saturated heterocycles. The third kappa shape index (κ3) is 2.33. The molecule has 54 valence electrons. The highest BCUT2D eigenvalue weighted by molar-refractivity contribution is 4.62. The summed E-state index contributed by atoms with van der Waals surface area (Å²) in [6.45, 7) is 4.00. The molecule has 1 unspecified atom stereocenters. The second kappa shape index (κ2) is 3.85. The van der Waals surface area contributed by atoms with Gasteiger partial charge in [0.1, 0.15) is 6.23 Å². The zero-order valence-corrected chi connectivity index (χ0v) is 6.02. The summed E-state index contributed by atoms with van der Waals surface area (Å²) in [4.78, 5) is 0. The van der Waals surface area contributed by atoms with Crippen molar-refractivity contribution in [3.05, 3.63) is 0 Å². The lowest BCUT2D eigenvalue weighted by molar-refractivity contribution is 0.0203. The van der Waals surface area contributed by atoms with Crippen LogP contribution in [-0.2, 0) is 4.74 Å². The Labute approximate surface area is 56.6 Å². The van der Waals surface area contributed by atoms with Crippen LogP contribution in [0.3, 0.4) is 0 Å². The topological polar surface area (TPSA) is 21.3 Å². The zero-order valence-electron chi connectivity index (χ0n) is 6.02. The summed E-state index contributed by atoms with van der Waals surface area (Å²) in [5.41, 5.74) is 0. The maximum Gasteiger partial charge on any atom is 0.108 e. The summed E-state index contributed by atoms with van der Waals surface area (Å²) in [6, 6.07) is 0. The number of hydrogen-bond donors (Lipinski definition) is 1. The Bertz CT molecular complexity index is 66.6. The minimum absolute atomic E-state index is 0.351. The number of nitrogens with one attached hydrogen (secondary N) is 1. The van der Waals surface area contributed by atoms with Crippen molar-refractivity contribution in [2.24, 2.45) is 0 Å². The molecule has 1 aliphatic heterocycles. The second-order valence-corrected chi connectivity index (χ2v) is 2.39. The van der Waals surface area contributed by atoms with Crippen molar-refractivity contribution in [2.45, 2.75) is 32.4 Å². The van der Waals surface area contributed by atoms with Gasteiger partial charge in [-0.2, -0.15) is 0 Å². The van der Waals surface area contributed by atoms with E-state index in [1.54, 1.807) is 0 Å². The van der Waals surface area contributed by atoms with Crippen LogP contribution in [0.1, 0.15) is 26.2 Å². The molecular formula is C7H15NO. The third-order valence-electron chi connectivity index (χ3n) is 1.63. The van der Waals surface area contributed by atoms with Gasteiger partial charge in [0, 0.05) is 6.61 Å². The Balaban J connectivity index is 2.08. The van der Waals surface area contributed by atoms with Crippen molar-refractivity contribution in [3.63, 3.8) is 0 Å². The Hall–Kier alpha value is -0.0800. The minimum Gasteiger partial charge on any atom is -0.364 e. The Morgan fingerprint density at radius 2 is 2.44 bits per heavy atom. The van der Waals surface area contributed by atoms with Gasteiger partial charge in [0.25, 0.3) is 0 Å². The summed E-state index contributed by atoms with van der Waals surface area (Å²) < 4.78 is 5.37. The molecule has 0 amide bonds. The molecular weight excluding hydrogens is 114 g/mol. The van der Waals surface area contributed by atoms with E-state index in [4.69, 9.17) is 4.74 Å². The van der Waals surface area contributed by atoms with Gasteiger partial charge in [-0.15, -0.1) is 0 Å².